The summed E-state index contributed by atoms with van der Waals surface area (Å²) in [5.74, 6) is 2.26. The molecule has 0 radical (unpaired) electrons. The van der Waals surface area contributed by atoms with E-state index in [9.17, 15) is 0 Å². The average molecular weight is 328 g/mol. The van der Waals surface area contributed by atoms with Crippen LogP contribution in [0.2, 0.25) is 5.15 Å². The average Bonchev–Trinajstić information content (AvgIpc) is 3.02. The van der Waals surface area contributed by atoms with Crippen LogP contribution >= 0.6 is 11.6 Å². The Balaban J connectivity index is 1.62. The van der Waals surface area contributed by atoms with Crippen molar-refractivity contribution >= 4 is 28.2 Å². The van der Waals surface area contributed by atoms with Crippen LogP contribution in [0.25, 0.3) is 10.8 Å². The first-order valence-corrected chi connectivity index (χ1v) is 7.63. The van der Waals surface area contributed by atoms with Crippen LogP contribution in [0.1, 0.15) is 11.1 Å². The molecule has 0 fully saturated rings. The van der Waals surface area contributed by atoms with Gasteiger partial charge in [-0.05, 0) is 30.7 Å². The monoisotopic (exact) mass is 327 g/mol. The van der Waals surface area contributed by atoms with Crippen molar-refractivity contribution in [2.45, 2.75) is 13.5 Å². The van der Waals surface area contributed by atoms with Crippen LogP contribution in [0.15, 0.2) is 36.4 Å². The second-order valence-electron chi connectivity index (χ2n) is 5.43. The first-order chi connectivity index (χ1) is 11.2. The Bertz CT molecular complexity index is 898. The van der Waals surface area contributed by atoms with Crippen LogP contribution in [0.4, 0.5) is 5.82 Å². The Morgan fingerprint density at radius 3 is 2.83 bits per heavy atom. The minimum atomic E-state index is 0.277. The molecule has 0 atom stereocenters. The van der Waals surface area contributed by atoms with Crippen molar-refractivity contribution in [3.05, 3.63) is 52.7 Å². The molecule has 3 aromatic rings. The number of anilines is 1. The number of ether oxygens (including phenoxy) is 2. The summed E-state index contributed by atoms with van der Waals surface area (Å²) >= 11 is 6.15. The highest BCUT2D eigenvalue weighted by atomic mass is 35.5. The Kier molecular flexibility index (Phi) is 3.42. The van der Waals surface area contributed by atoms with Crippen molar-refractivity contribution in [3.63, 3.8) is 0 Å². The minimum absolute atomic E-state index is 0.277. The highest BCUT2D eigenvalue weighted by molar-refractivity contribution is 6.34. The fourth-order valence-electron chi connectivity index (χ4n) is 2.60. The molecule has 5 nitrogen and oxygen atoms in total. The molecular formula is C17H14ClN3O2. The van der Waals surface area contributed by atoms with Gasteiger partial charge in [0.1, 0.15) is 0 Å². The maximum atomic E-state index is 6.15. The topological polar surface area (TPSA) is 56.3 Å². The van der Waals surface area contributed by atoms with Gasteiger partial charge in [-0.3, -0.25) is 0 Å². The lowest BCUT2D eigenvalue weighted by atomic mass is 10.1. The van der Waals surface area contributed by atoms with Crippen molar-refractivity contribution in [2.24, 2.45) is 0 Å². The molecule has 0 spiro atoms. The molecule has 1 aliphatic heterocycles. The number of nitrogens with zero attached hydrogens (tertiary/aromatic N) is 2. The van der Waals surface area contributed by atoms with E-state index in [1.165, 1.54) is 0 Å². The van der Waals surface area contributed by atoms with Gasteiger partial charge in [0.05, 0.1) is 0 Å². The predicted octanol–water partition coefficient (Wildman–Crippen LogP) is 3.93. The Hall–Kier alpha value is -2.53. The summed E-state index contributed by atoms with van der Waals surface area (Å²) in [6.45, 7) is 2.91. The van der Waals surface area contributed by atoms with E-state index >= 15 is 0 Å². The fraction of sp³-hybridized carbons (Fsp3) is 0.176. The zero-order valence-corrected chi connectivity index (χ0v) is 13.2. The van der Waals surface area contributed by atoms with Gasteiger partial charge < -0.3 is 14.8 Å². The molecule has 23 heavy (non-hydrogen) atoms. The Labute approximate surface area is 138 Å². The molecule has 6 heteroatoms. The molecule has 1 aromatic heterocycles. The number of aromatic nitrogens is 2. The molecule has 116 valence electrons. The molecule has 0 bridgehead atoms. The molecule has 2 aromatic carbocycles. The van der Waals surface area contributed by atoms with Crippen molar-refractivity contribution < 1.29 is 9.47 Å². The minimum Gasteiger partial charge on any atom is -0.454 e. The number of benzene rings is 2. The van der Waals surface area contributed by atoms with E-state index in [1.54, 1.807) is 0 Å². The van der Waals surface area contributed by atoms with Crippen LogP contribution < -0.4 is 14.8 Å². The molecule has 0 unspecified atom stereocenters. The maximum absolute atomic E-state index is 6.15. The van der Waals surface area contributed by atoms with Crippen LogP contribution in [0.5, 0.6) is 11.5 Å². The summed E-state index contributed by atoms with van der Waals surface area (Å²) in [4.78, 5) is 0. The molecule has 0 amide bonds. The van der Waals surface area contributed by atoms with Crippen molar-refractivity contribution in [1.29, 1.82) is 0 Å². The summed E-state index contributed by atoms with van der Waals surface area (Å²) in [6.07, 6.45) is 0. The van der Waals surface area contributed by atoms with Gasteiger partial charge in [-0.25, -0.2) is 0 Å². The zero-order valence-electron chi connectivity index (χ0n) is 12.5. The van der Waals surface area contributed by atoms with Crippen LogP contribution in [0, 0.1) is 6.92 Å². The third-order valence-corrected chi connectivity index (χ3v) is 4.07. The fourth-order valence-corrected chi connectivity index (χ4v) is 2.80. The molecule has 1 N–H and O–H groups in total. The third kappa shape index (κ3) is 2.64. The van der Waals surface area contributed by atoms with Gasteiger partial charge in [-0.1, -0.05) is 35.4 Å². The SMILES string of the molecule is Cc1ccc2c(NCc3ccc4c(c3)OCO4)nnc(Cl)c2c1. The van der Waals surface area contributed by atoms with Gasteiger partial charge >= 0.3 is 0 Å². The van der Waals surface area contributed by atoms with E-state index in [0.29, 0.717) is 17.5 Å². The molecular weight excluding hydrogens is 314 g/mol. The van der Waals surface area contributed by atoms with Crippen LogP contribution in [-0.2, 0) is 6.54 Å². The lowest BCUT2D eigenvalue weighted by molar-refractivity contribution is 0.174. The summed E-state index contributed by atoms with van der Waals surface area (Å²) in [7, 11) is 0. The quantitative estimate of drug-likeness (QED) is 0.789. The van der Waals surface area contributed by atoms with E-state index in [0.717, 1.165) is 33.4 Å². The van der Waals surface area contributed by atoms with E-state index in [-0.39, 0.29) is 6.79 Å². The number of hydrogen-bond donors (Lipinski definition) is 1. The molecule has 0 saturated carbocycles. The number of rotatable bonds is 3. The Morgan fingerprint density at radius 1 is 1.04 bits per heavy atom. The summed E-state index contributed by atoms with van der Waals surface area (Å²) in [5, 5.41) is 13.8. The summed E-state index contributed by atoms with van der Waals surface area (Å²) < 4.78 is 10.7. The largest absolute Gasteiger partial charge is 0.454 e. The lowest BCUT2D eigenvalue weighted by Crippen LogP contribution is -2.03. The molecule has 0 aliphatic carbocycles. The number of halogens is 1. The first-order valence-electron chi connectivity index (χ1n) is 7.25. The van der Waals surface area contributed by atoms with Gasteiger partial charge in [-0.15, -0.1) is 10.2 Å². The zero-order chi connectivity index (χ0) is 15.8. The van der Waals surface area contributed by atoms with Crippen molar-refractivity contribution in [1.82, 2.24) is 10.2 Å². The predicted molar refractivity (Wildman–Crippen MR) is 89.2 cm³/mol. The van der Waals surface area contributed by atoms with E-state index in [1.807, 2.05) is 43.3 Å². The van der Waals surface area contributed by atoms with Crippen LogP contribution in [-0.4, -0.2) is 17.0 Å². The number of hydrogen-bond acceptors (Lipinski definition) is 5. The molecule has 0 saturated heterocycles. The Morgan fingerprint density at radius 2 is 1.91 bits per heavy atom. The maximum Gasteiger partial charge on any atom is 0.231 e. The van der Waals surface area contributed by atoms with Gasteiger partial charge in [0.15, 0.2) is 22.5 Å². The van der Waals surface area contributed by atoms with Crippen molar-refractivity contribution in [3.8, 4) is 11.5 Å². The standard InChI is InChI=1S/C17H14ClN3O2/c1-10-2-4-12-13(6-10)16(18)20-21-17(12)19-8-11-3-5-14-15(7-11)23-9-22-14/h2-7H,8-9H2,1H3,(H,19,21). The summed E-state index contributed by atoms with van der Waals surface area (Å²) in [6, 6.07) is 11.9. The van der Waals surface area contributed by atoms with Crippen molar-refractivity contribution in [2.75, 3.05) is 12.1 Å². The third-order valence-electron chi connectivity index (χ3n) is 3.79. The van der Waals surface area contributed by atoms with Gasteiger partial charge in [0, 0.05) is 17.3 Å². The van der Waals surface area contributed by atoms with Crippen LogP contribution in [0.3, 0.4) is 0 Å². The van der Waals surface area contributed by atoms with E-state index < -0.39 is 0 Å². The number of aryl methyl sites for hydroxylation is 1. The van der Waals surface area contributed by atoms with Gasteiger partial charge in [0.25, 0.3) is 0 Å². The van der Waals surface area contributed by atoms with Gasteiger partial charge in [-0.2, -0.15) is 0 Å². The lowest BCUT2D eigenvalue weighted by Gasteiger charge is -2.10. The first kappa shape index (κ1) is 14.1. The molecule has 2 heterocycles. The molecule has 4 rings (SSSR count). The molecule has 1 aliphatic rings. The number of fused-ring (bicyclic) bond motifs is 2. The summed E-state index contributed by atoms with van der Waals surface area (Å²) in [5.41, 5.74) is 2.21. The highest BCUT2D eigenvalue weighted by Gasteiger charge is 2.13. The number of nitrogens with one attached hydrogen (secondary N) is 1. The second kappa shape index (κ2) is 5.59. The second-order valence-corrected chi connectivity index (χ2v) is 5.79. The van der Waals surface area contributed by atoms with Gasteiger partial charge in [0.2, 0.25) is 6.79 Å². The highest BCUT2D eigenvalue weighted by Crippen LogP contribution is 2.33. The van der Waals surface area contributed by atoms with E-state index in [2.05, 4.69) is 15.5 Å². The normalized spacial score (nSPS) is 12.6. The van der Waals surface area contributed by atoms with E-state index in [4.69, 9.17) is 21.1 Å². The smallest absolute Gasteiger partial charge is 0.231 e.